The van der Waals surface area contributed by atoms with Crippen molar-refractivity contribution in [2.75, 3.05) is 38.3 Å². The number of benzene rings is 4. The molecular weight excluding hydrogens is 1020 g/mol. The van der Waals surface area contributed by atoms with Crippen LogP contribution in [-0.4, -0.2) is 130 Å². The minimum atomic E-state index is -0.876. The number of hydrogen-bond acceptors (Lipinski definition) is 14. The molecule has 80 heavy (non-hydrogen) atoms. The van der Waals surface area contributed by atoms with Crippen LogP contribution in [0.2, 0.25) is 0 Å². The van der Waals surface area contributed by atoms with Gasteiger partial charge in [0.25, 0.3) is 0 Å². The molecule has 4 aromatic carbocycles. The van der Waals surface area contributed by atoms with Gasteiger partial charge >= 0.3 is 6.01 Å². The van der Waals surface area contributed by atoms with E-state index in [9.17, 15) is 14.7 Å². The Morgan fingerprint density at radius 1 is 0.938 bits per heavy atom. The molecule has 1 aliphatic carbocycles. The summed E-state index contributed by atoms with van der Waals surface area (Å²) in [6.07, 6.45) is 7.29. The maximum Gasteiger partial charge on any atom is 0.319 e. The first-order valence-corrected chi connectivity index (χ1v) is 28.0. The number of carbonyl (C=O) groups is 2. The topological polar surface area (TPSA) is 216 Å². The summed E-state index contributed by atoms with van der Waals surface area (Å²) in [5, 5.41) is 40.0. The smallest absolute Gasteiger partial charge is 0.319 e. The molecule has 1 saturated carbocycles. The van der Waals surface area contributed by atoms with E-state index in [1.165, 1.54) is 11.0 Å². The van der Waals surface area contributed by atoms with E-state index in [0.717, 1.165) is 94.6 Å². The number of anilines is 1. The fourth-order valence-electron chi connectivity index (χ4n) is 12.0. The molecule has 3 aliphatic heterocycles. The molecule has 8 aromatic rings. The van der Waals surface area contributed by atoms with Gasteiger partial charge in [0.05, 0.1) is 41.9 Å². The van der Waals surface area contributed by atoms with Crippen molar-refractivity contribution in [1.82, 2.24) is 60.5 Å². The van der Waals surface area contributed by atoms with Crippen molar-refractivity contribution in [3.8, 4) is 45.4 Å². The Hall–Kier alpha value is -7.81. The molecule has 4 aromatic heterocycles. The number of halogens is 1. The molecule has 20 heteroatoms. The Kier molecular flexibility index (Phi) is 14.3. The zero-order chi connectivity index (χ0) is 55.5. The van der Waals surface area contributed by atoms with Crippen molar-refractivity contribution in [3.63, 3.8) is 0 Å². The second kappa shape index (κ2) is 21.7. The molecule has 0 unspecified atom stereocenters. The second-order valence-electron chi connectivity index (χ2n) is 22.4. The highest BCUT2D eigenvalue weighted by Gasteiger charge is 2.44. The minimum Gasteiger partial charge on any atom is -0.486 e. The average molecular weight is 1090 g/mol. The van der Waals surface area contributed by atoms with Crippen LogP contribution in [0.5, 0.6) is 11.8 Å². The van der Waals surface area contributed by atoms with Crippen LogP contribution < -0.4 is 25.0 Å². The number of carbonyl (C=O) groups excluding carboxylic acids is 2. The van der Waals surface area contributed by atoms with Gasteiger partial charge in [0, 0.05) is 85.5 Å². The number of aliphatic hydroxyl groups excluding tert-OH is 1. The van der Waals surface area contributed by atoms with Gasteiger partial charge in [-0.05, 0) is 105 Å². The van der Waals surface area contributed by atoms with Crippen LogP contribution in [-0.2, 0) is 27.5 Å². The number of H-pyrrole nitrogens is 1. The number of likely N-dealkylation sites (tertiary alicyclic amines) is 1. The van der Waals surface area contributed by atoms with E-state index >= 15 is 4.39 Å². The maximum atomic E-state index is 16.1. The van der Waals surface area contributed by atoms with Crippen LogP contribution in [0.15, 0.2) is 85.3 Å². The molecule has 7 atom stereocenters. The van der Waals surface area contributed by atoms with Crippen LogP contribution >= 0.6 is 0 Å². The third-order valence-electron chi connectivity index (χ3n) is 16.6. The normalized spacial score (nSPS) is 20.1. The molecule has 4 N–H and O–H groups in total. The summed E-state index contributed by atoms with van der Waals surface area (Å²) in [7, 11) is 1.64. The van der Waals surface area contributed by atoms with Crippen molar-refractivity contribution in [2.24, 2.45) is 5.92 Å². The number of methoxy groups -OCH3 is 1. The van der Waals surface area contributed by atoms with E-state index in [1.54, 1.807) is 37.3 Å². The van der Waals surface area contributed by atoms with Crippen molar-refractivity contribution in [2.45, 2.75) is 129 Å². The summed E-state index contributed by atoms with van der Waals surface area (Å²) >= 11 is 0. The third kappa shape index (κ3) is 10.0. The number of aromatic amines is 1. The van der Waals surface area contributed by atoms with E-state index in [4.69, 9.17) is 24.2 Å². The summed E-state index contributed by atoms with van der Waals surface area (Å²) in [5.74, 6) is 0.263. The standard InChI is InChI=1S/C60H68FN13O6/c1-8-73-50(19-20-64-73)40-17-13-37(14-18-40)35(6)65-58(76)51-22-43(75)28-72(51)59(77)55(32(2)3)74-29-49(69-70-74)39-11-9-36(10-12-39)31-79-56-53(52-34(5)47(61)24-48-46(52)26-63-68-48)44(38-15-16-38)23-45-54(56)66-60(80-30-33(4)78-7)67-57(45)71-27-41-21-42(71)25-62-41/h9-14,17-20,23-24,26,29,32-33,35,38,41-43,51,55,62,75H,8,15-16,21-22,25,27-28,30-31H2,1-7H3,(H,63,68)(H,65,76)/t33-,35-,41+,42+,43+,51-,55-/m0/s1. The maximum absolute atomic E-state index is 16.1. The quantitative estimate of drug-likeness (QED) is 0.0601. The third-order valence-corrected chi connectivity index (χ3v) is 16.6. The number of amides is 2. The monoisotopic (exact) mass is 1090 g/mol. The number of piperazine rings is 1. The first kappa shape index (κ1) is 52.9. The van der Waals surface area contributed by atoms with Crippen LogP contribution in [0.4, 0.5) is 10.2 Å². The summed E-state index contributed by atoms with van der Waals surface area (Å²) < 4.78 is 38.6. The Bertz CT molecular complexity index is 3600. The van der Waals surface area contributed by atoms with Gasteiger partial charge in [-0.2, -0.15) is 20.2 Å². The first-order chi connectivity index (χ1) is 38.7. The molecule has 0 spiro atoms. The van der Waals surface area contributed by atoms with Crippen molar-refractivity contribution in [3.05, 3.63) is 113 Å². The lowest BCUT2D eigenvalue weighted by molar-refractivity contribution is -0.142. The number of rotatable bonds is 19. The summed E-state index contributed by atoms with van der Waals surface area (Å²) in [4.78, 5) is 42.7. The Balaban J connectivity index is 0.817. The molecular formula is C60H68FN13O6. The molecule has 4 aliphatic rings. The number of nitrogens with one attached hydrogen (secondary N) is 3. The predicted molar refractivity (Wildman–Crippen MR) is 300 cm³/mol. The predicted octanol–water partition coefficient (Wildman–Crippen LogP) is 8.22. The van der Waals surface area contributed by atoms with Crippen LogP contribution in [0.1, 0.15) is 101 Å². The summed E-state index contributed by atoms with van der Waals surface area (Å²) in [5.41, 5.74) is 9.26. The zero-order valence-corrected chi connectivity index (χ0v) is 46.2. The van der Waals surface area contributed by atoms with E-state index in [-0.39, 0.29) is 79.8 Å². The van der Waals surface area contributed by atoms with Gasteiger partial charge in [0.1, 0.15) is 48.1 Å². The number of ether oxygens (including phenoxy) is 3. The fraction of sp³-hybridized carbons (Fsp3) is 0.433. The van der Waals surface area contributed by atoms with Crippen LogP contribution in [0.3, 0.4) is 0 Å². The lowest BCUT2D eigenvalue weighted by atomic mass is 9.88. The van der Waals surface area contributed by atoms with Gasteiger partial charge in [0.15, 0.2) is 5.75 Å². The molecule has 4 fully saturated rings. The lowest BCUT2D eigenvalue weighted by Gasteiger charge is -2.30. The fourth-order valence-corrected chi connectivity index (χ4v) is 12.0. The number of aryl methyl sites for hydroxylation is 1. The highest BCUT2D eigenvalue weighted by atomic mass is 19.1. The highest BCUT2D eigenvalue weighted by Crippen LogP contribution is 2.53. The van der Waals surface area contributed by atoms with Gasteiger partial charge in [-0.3, -0.25) is 19.4 Å². The zero-order valence-electron chi connectivity index (χ0n) is 46.2. The van der Waals surface area contributed by atoms with Gasteiger partial charge in [-0.25, -0.2) is 9.07 Å². The van der Waals surface area contributed by atoms with E-state index < -0.39 is 18.2 Å². The van der Waals surface area contributed by atoms with Gasteiger partial charge < -0.3 is 39.8 Å². The van der Waals surface area contributed by atoms with Gasteiger partial charge in [-0.15, -0.1) is 5.10 Å². The summed E-state index contributed by atoms with van der Waals surface area (Å²) in [6, 6.07) is 20.3. The van der Waals surface area contributed by atoms with Crippen molar-refractivity contribution >= 4 is 39.4 Å². The lowest BCUT2D eigenvalue weighted by Crippen LogP contribution is -2.49. The minimum absolute atomic E-state index is 0.0187. The molecule has 2 amide bonds. The molecule has 2 bridgehead atoms. The Labute approximate surface area is 463 Å². The number of aromatic nitrogens is 9. The Morgan fingerprint density at radius 2 is 1.73 bits per heavy atom. The molecule has 7 heterocycles. The SMILES string of the molecule is CCn1nccc1-c1ccc([C@H](C)NC(=O)[C@@H]2C[C@@H](O)CN2C(=O)[C@H](C(C)C)n2cc(-c3ccc(COc4c(-c5c(C)c(F)cc6[nH]ncc56)c(C5CC5)cc5c(N6C[C@H]7C[C@@H]6CN7)nc(OC[C@H](C)OC)nc45)cc3)nn2)cc1. The number of β-amino-alcohol motifs (C(OH)–C–C–N with tert-alkyl or cyclic N) is 1. The highest BCUT2D eigenvalue weighted by molar-refractivity contribution is 6.06. The van der Waals surface area contributed by atoms with E-state index in [2.05, 4.69) is 47.2 Å². The molecule has 3 saturated heterocycles. The number of aliphatic hydroxyl groups is 1. The van der Waals surface area contributed by atoms with Crippen molar-refractivity contribution < 1.29 is 33.3 Å². The van der Waals surface area contributed by atoms with Crippen LogP contribution in [0, 0.1) is 18.7 Å². The first-order valence-electron chi connectivity index (χ1n) is 28.0. The largest absolute Gasteiger partial charge is 0.486 e. The Morgan fingerprint density at radius 3 is 2.44 bits per heavy atom. The average Bonchev–Trinajstić information content (AvgIpc) is 3.82. The van der Waals surface area contributed by atoms with Gasteiger partial charge in [-0.1, -0.05) is 67.6 Å². The number of hydrogen-bond donors (Lipinski definition) is 4. The van der Waals surface area contributed by atoms with Gasteiger partial charge in [0.2, 0.25) is 11.8 Å². The number of fused-ring (bicyclic) bond motifs is 4. The van der Waals surface area contributed by atoms with E-state index in [1.807, 2.05) is 93.9 Å². The second-order valence-corrected chi connectivity index (χ2v) is 22.4. The van der Waals surface area contributed by atoms with E-state index in [0.29, 0.717) is 39.6 Å². The van der Waals surface area contributed by atoms with Crippen molar-refractivity contribution in [1.29, 1.82) is 0 Å². The van der Waals surface area contributed by atoms with Crippen LogP contribution in [0.25, 0.3) is 55.4 Å². The molecule has 12 rings (SSSR count). The molecule has 0 radical (unpaired) electrons. The molecule has 416 valence electrons. The number of nitrogens with zero attached hydrogens (tertiary/aromatic N) is 10. The summed E-state index contributed by atoms with van der Waals surface area (Å²) in [6.45, 7) is 14.3. The molecule has 19 nitrogen and oxygen atoms in total.